The molecule has 0 bridgehead atoms. The number of carbonyl (C=O) groups is 2. The summed E-state index contributed by atoms with van der Waals surface area (Å²) in [6.07, 6.45) is 0.431. The van der Waals surface area contributed by atoms with Gasteiger partial charge in [-0.05, 0) is 40.6 Å². The SMILES string of the molecule is COC(=O)c1cc2cc(N(CCOCc3ccccc3)C(=O)CC(C)(C)C)ccc2s1. The van der Waals surface area contributed by atoms with Gasteiger partial charge in [0.2, 0.25) is 5.91 Å². The first-order chi connectivity index (χ1) is 14.8. The molecule has 0 spiro atoms. The van der Waals surface area contributed by atoms with Crippen LogP contribution in [0.2, 0.25) is 0 Å². The zero-order valence-electron chi connectivity index (χ0n) is 18.5. The molecule has 1 heterocycles. The van der Waals surface area contributed by atoms with Crippen LogP contribution in [0, 0.1) is 5.41 Å². The first-order valence-electron chi connectivity index (χ1n) is 10.3. The van der Waals surface area contributed by atoms with E-state index in [4.69, 9.17) is 9.47 Å². The minimum absolute atomic E-state index is 0.0542. The van der Waals surface area contributed by atoms with Crippen molar-refractivity contribution in [2.24, 2.45) is 5.41 Å². The van der Waals surface area contributed by atoms with Gasteiger partial charge in [-0.15, -0.1) is 11.3 Å². The van der Waals surface area contributed by atoms with Gasteiger partial charge in [0.25, 0.3) is 0 Å². The Kier molecular flexibility index (Phi) is 7.46. The number of hydrogen-bond acceptors (Lipinski definition) is 5. The summed E-state index contributed by atoms with van der Waals surface area (Å²) in [7, 11) is 1.38. The van der Waals surface area contributed by atoms with Crippen molar-refractivity contribution >= 4 is 39.0 Å². The van der Waals surface area contributed by atoms with Crippen LogP contribution in [0.15, 0.2) is 54.6 Å². The number of amides is 1. The van der Waals surface area contributed by atoms with Crippen molar-refractivity contribution < 1.29 is 19.1 Å². The molecule has 0 radical (unpaired) electrons. The number of anilines is 1. The predicted molar refractivity (Wildman–Crippen MR) is 126 cm³/mol. The summed E-state index contributed by atoms with van der Waals surface area (Å²) in [5.74, 6) is -0.295. The second kappa shape index (κ2) is 10.1. The fourth-order valence-electron chi connectivity index (χ4n) is 3.27. The van der Waals surface area contributed by atoms with Gasteiger partial charge in [0.05, 0.1) is 20.3 Å². The highest BCUT2D eigenvalue weighted by Gasteiger charge is 2.23. The van der Waals surface area contributed by atoms with Crippen LogP contribution in [-0.2, 0) is 20.9 Å². The lowest BCUT2D eigenvalue weighted by Crippen LogP contribution is -2.36. The zero-order chi connectivity index (χ0) is 22.4. The summed E-state index contributed by atoms with van der Waals surface area (Å²) in [4.78, 5) is 27.3. The molecule has 0 unspecified atom stereocenters. The van der Waals surface area contributed by atoms with E-state index < -0.39 is 0 Å². The Hall–Kier alpha value is -2.70. The quantitative estimate of drug-likeness (QED) is 0.335. The molecule has 0 fully saturated rings. The average Bonchev–Trinajstić information content (AvgIpc) is 3.16. The lowest BCUT2D eigenvalue weighted by atomic mass is 9.91. The zero-order valence-corrected chi connectivity index (χ0v) is 19.3. The maximum atomic E-state index is 13.1. The molecule has 31 heavy (non-hydrogen) atoms. The first-order valence-corrected chi connectivity index (χ1v) is 11.1. The largest absolute Gasteiger partial charge is 0.465 e. The number of esters is 1. The number of benzene rings is 2. The van der Waals surface area contributed by atoms with Gasteiger partial charge in [0, 0.05) is 23.4 Å². The van der Waals surface area contributed by atoms with Crippen LogP contribution in [0.4, 0.5) is 5.69 Å². The molecule has 6 heteroatoms. The van der Waals surface area contributed by atoms with Crippen molar-refractivity contribution in [1.82, 2.24) is 0 Å². The maximum Gasteiger partial charge on any atom is 0.348 e. The lowest BCUT2D eigenvalue weighted by Gasteiger charge is -2.27. The molecule has 0 atom stereocenters. The number of rotatable bonds is 8. The summed E-state index contributed by atoms with van der Waals surface area (Å²) in [6.45, 7) is 7.56. The molecule has 0 aliphatic carbocycles. The minimum atomic E-state index is -0.349. The molecule has 164 valence electrons. The molecule has 0 saturated carbocycles. The maximum absolute atomic E-state index is 13.1. The third kappa shape index (κ3) is 6.39. The fraction of sp³-hybridized carbons (Fsp3) is 0.360. The van der Waals surface area contributed by atoms with Crippen molar-refractivity contribution in [2.75, 3.05) is 25.2 Å². The van der Waals surface area contributed by atoms with Crippen LogP contribution < -0.4 is 4.90 Å². The normalized spacial score (nSPS) is 11.5. The molecule has 2 aromatic carbocycles. The Morgan fingerprint density at radius 1 is 1.03 bits per heavy atom. The van der Waals surface area contributed by atoms with Crippen LogP contribution in [0.25, 0.3) is 10.1 Å². The second-order valence-electron chi connectivity index (χ2n) is 8.65. The third-order valence-corrected chi connectivity index (χ3v) is 5.85. The van der Waals surface area contributed by atoms with Crippen molar-refractivity contribution in [1.29, 1.82) is 0 Å². The van der Waals surface area contributed by atoms with Crippen LogP contribution in [0.5, 0.6) is 0 Å². The molecule has 3 rings (SSSR count). The molecule has 0 N–H and O–H groups in total. The second-order valence-corrected chi connectivity index (χ2v) is 9.73. The molecule has 3 aromatic rings. The summed E-state index contributed by atoms with van der Waals surface area (Å²) < 4.78 is 11.6. The van der Waals surface area contributed by atoms with Gasteiger partial charge in [-0.25, -0.2) is 4.79 Å². The van der Waals surface area contributed by atoms with E-state index in [9.17, 15) is 9.59 Å². The Morgan fingerprint density at radius 3 is 2.45 bits per heavy atom. The van der Waals surface area contributed by atoms with Gasteiger partial charge in [0.1, 0.15) is 4.88 Å². The Morgan fingerprint density at radius 2 is 1.77 bits per heavy atom. The smallest absolute Gasteiger partial charge is 0.348 e. The highest BCUT2D eigenvalue weighted by Crippen LogP contribution is 2.31. The van der Waals surface area contributed by atoms with E-state index >= 15 is 0 Å². The molecule has 0 saturated heterocycles. The van der Waals surface area contributed by atoms with Gasteiger partial charge in [-0.1, -0.05) is 51.1 Å². The number of carbonyl (C=O) groups excluding carboxylic acids is 2. The summed E-state index contributed by atoms with van der Waals surface area (Å²) in [5, 5.41) is 0.918. The highest BCUT2D eigenvalue weighted by molar-refractivity contribution is 7.20. The number of nitrogens with zero attached hydrogens (tertiary/aromatic N) is 1. The van der Waals surface area contributed by atoms with E-state index in [1.807, 2.05) is 54.6 Å². The Bertz CT molecular complexity index is 1040. The van der Waals surface area contributed by atoms with E-state index in [1.54, 1.807) is 4.90 Å². The topological polar surface area (TPSA) is 55.8 Å². The van der Waals surface area contributed by atoms with Gasteiger partial charge in [0.15, 0.2) is 0 Å². The summed E-state index contributed by atoms with van der Waals surface area (Å²) in [5.41, 5.74) is 1.79. The monoisotopic (exact) mass is 439 g/mol. The third-order valence-electron chi connectivity index (χ3n) is 4.75. The molecular formula is C25H29NO4S. The van der Waals surface area contributed by atoms with Crippen LogP contribution in [0.3, 0.4) is 0 Å². The average molecular weight is 440 g/mol. The number of hydrogen-bond donors (Lipinski definition) is 0. The Balaban J connectivity index is 1.77. The van der Waals surface area contributed by atoms with Crippen LogP contribution in [0.1, 0.15) is 42.4 Å². The number of ether oxygens (including phenoxy) is 2. The summed E-state index contributed by atoms with van der Waals surface area (Å²) >= 11 is 1.39. The molecule has 0 aliphatic heterocycles. The highest BCUT2D eigenvalue weighted by atomic mass is 32.1. The summed E-state index contributed by atoms with van der Waals surface area (Å²) in [6, 6.07) is 17.6. The van der Waals surface area contributed by atoms with Gasteiger partial charge in [-0.3, -0.25) is 4.79 Å². The van der Waals surface area contributed by atoms with Gasteiger partial charge < -0.3 is 14.4 Å². The van der Waals surface area contributed by atoms with Gasteiger partial charge >= 0.3 is 5.97 Å². The minimum Gasteiger partial charge on any atom is -0.465 e. The number of thiophene rings is 1. The first kappa shape index (κ1) is 23.0. The predicted octanol–water partition coefficient (Wildman–Crippen LogP) is 5.67. The van der Waals surface area contributed by atoms with Crippen LogP contribution >= 0.6 is 11.3 Å². The standard InChI is InChI=1S/C25H29NO4S/c1-25(2,3)16-23(27)26(12-13-30-17-18-8-6-5-7-9-18)20-10-11-21-19(14-20)15-22(31-21)24(28)29-4/h5-11,14-15H,12-13,16-17H2,1-4H3. The van der Waals surface area contributed by atoms with E-state index in [2.05, 4.69) is 20.8 Å². The molecule has 1 amide bonds. The molecule has 5 nitrogen and oxygen atoms in total. The van der Waals surface area contributed by atoms with Crippen molar-refractivity contribution in [3.63, 3.8) is 0 Å². The molecule has 0 aliphatic rings. The molecular weight excluding hydrogens is 410 g/mol. The number of methoxy groups -OCH3 is 1. The lowest BCUT2D eigenvalue weighted by molar-refractivity contribution is -0.120. The van der Waals surface area contributed by atoms with Crippen molar-refractivity contribution in [2.45, 2.75) is 33.8 Å². The molecule has 1 aromatic heterocycles. The fourth-order valence-corrected chi connectivity index (χ4v) is 4.23. The Labute approximate surface area is 187 Å². The van der Waals surface area contributed by atoms with E-state index in [-0.39, 0.29) is 17.3 Å². The van der Waals surface area contributed by atoms with Crippen LogP contribution in [-0.4, -0.2) is 32.1 Å². The van der Waals surface area contributed by atoms with Crippen molar-refractivity contribution in [3.8, 4) is 0 Å². The van der Waals surface area contributed by atoms with Crippen molar-refractivity contribution in [3.05, 3.63) is 65.0 Å². The number of fused-ring (bicyclic) bond motifs is 1. The van der Waals surface area contributed by atoms with E-state index in [0.717, 1.165) is 21.3 Å². The van der Waals surface area contributed by atoms with Gasteiger partial charge in [-0.2, -0.15) is 0 Å². The van der Waals surface area contributed by atoms with E-state index in [0.29, 0.717) is 31.1 Å². The van der Waals surface area contributed by atoms with E-state index in [1.165, 1.54) is 18.4 Å².